The van der Waals surface area contributed by atoms with Crippen LogP contribution in [0.1, 0.15) is 0 Å². The number of rotatable bonds is 1. The van der Waals surface area contributed by atoms with Gasteiger partial charge in [0.1, 0.15) is 11.2 Å². The zero-order chi connectivity index (χ0) is 13.6. The fourth-order valence-electron chi connectivity index (χ4n) is 1.74. The Bertz CT molecular complexity index is 786. The van der Waals surface area contributed by atoms with Gasteiger partial charge in [-0.1, -0.05) is 11.6 Å². The van der Waals surface area contributed by atoms with Crippen LogP contribution < -0.4 is 5.73 Å². The van der Waals surface area contributed by atoms with E-state index in [0.717, 1.165) is 16.6 Å². The molecule has 3 aromatic heterocycles. The summed E-state index contributed by atoms with van der Waals surface area (Å²) < 4.78 is 28.7. The van der Waals surface area contributed by atoms with Gasteiger partial charge in [0, 0.05) is 12.3 Å². The third kappa shape index (κ3) is 1.88. The fourth-order valence-corrected chi connectivity index (χ4v) is 1.88. The molecule has 0 fully saturated rings. The molecule has 8 heteroatoms. The van der Waals surface area contributed by atoms with Crippen molar-refractivity contribution in [2.24, 2.45) is 0 Å². The van der Waals surface area contributed by atoms with Gasteiger partial charge in [-0.05, 0) is 6.07 Å². The van der Waals surface area contributed by atoms with Crippen molar-refractivity contribution >= 4 is 23.1 Å². The summed E-state index contributed by atoms with van der Waals surface area (Å²) in [4.78, 5) is 7.53. The summed E-state index contributed by atoms with van der Waals surface area (Å²) in [6.45, 7) is 0. The van der Waals surface area contributed by atoms with Gasteiger partial charge in [-0.15, -0.1) is 5.10 Å². The van der Waals surface area contributed by atoms with E-state index in [9.17, 15) is 8.78 Å². The first-order chi connectivity index (χ1) is 9.06. The minimum atomic E-state index is -0.677. The highest BCUT2D eigenvalue weighted by atomic mass is 35.5. The Morgan fingerprint density at radius 1 is 1.11 bits per heavy atom. The zero-order valence-electron chi connectivity index (χ0n) is 9.31. The largest absolute Gasteiger partial charge is 0.367 e. The fraction of sp³-hybridized carbons (Fsp3) is 0. The predicted molar refractivity (Wildman–Crippen MR) is 65.6 cm³/mol. The second kappa shape index (κ2) is 4.13. The lowest BCUT2D eigenvalue weighted by Crippen LogP contribution is -2.03. The van der Waals surface area contributed by atoms with Gasteiger partial charge in [-0.3, -0.25) is 0 Å². The molecular formula is C11H6ClF2N5. The zero-order valence-corrected chi connectivity index (χ0v) is 10.1. The highest BCUT2D eigenvalue weighted by molar-refractivity contribution is 6.30. The van der Waals surface area contributed by atoms with Crippen molar-refractivity contribution in [2.75, 3.05) is 5.73 Å². The van der Waals surface area contributed by atoms with E-state index in [1.165, 1.54) is 12.4 Å². The molecule has 0 aliphatic rings. The molecule has 0 atom stereocenters. The molecule has 0 bridgehead atoms. The Balaban J connectivity index is 2.33. The lowest BCUT2D eigenvalue weighted by atomic mass is 10.2. The Labute approximate surface area is 110 Å². The smallest absolute Gasteiger partial charge is 0.238 e. The van der Waals surface area contributed by atoms with E-state index in [4.69, 9.17) is 17.3 Å². The first-order valence-corrected chi connectivity index (χ1v) is 5.55. The molecular weight excluding hydrogens is 276 g/mol. The monoisotopic (exact) mass is 281 g/mol. The van der Waals surface area contributed by atoms with E-state index in [0.29, 0.717) is 0 Å². The average Bonchev–Trinajstić information content (AvgIpc) is 2.66. The van der Waals surface area contributed by atoms with Crippen molar-refractivity contribution in [3.63, 3.8) is 0 Å². The van der Waals surface area contributed by atoms with Gasteiger partial charge in [0.15, 0.2) is 11.6 Å². The van der Waals surface area contributed by atoms with Crippen LogP contribution in [-0.2, 0) is 0 Å². The highest BCUT2D eigenvalue weighted by Crippen LogP contribution is 2.26. The molecule has 3 heterocycles. The Morgan fingerprint density at radius 2 is 1.89 bits per heavy atom. The minimum Gasteiger partial charge on any atom is -0.367 e. The molecule has 5 nitrogen and oxygen atoms in total. The van der Waals surface area contributed by atoms with Crippen molar-refractivity contribution in [3.8, 4) is 11.4 Å². The van der Waals surface area contributed by atoms with Crippen LogP contribution in [0.5, 0.6) is 0 Å². The van der Waals surface area contributed by atoms with Crippen LogP contribution in [0.25, 0.3) is 16.9 Å². The molecule has 0 amide bonds. The molecule has 0 radical (unpaired) electrons. The maximum absolute atomic E-state index is 13.8. The predicted octanol–water partition coefficient (Wildman–Crippen LogP) is 2.31. The van der Waals surface area contributed by atoms with Gasteiger partial charge in [0.05, 0.1) is 16.9 Å². The number of anilines is 1. The quantitative estimate of drug-likeness (QED) is 0.743. The minimum absolute atomic E-state index is 0.0567. The van der Waals surface area contributed by atoms with Crippen LogP contribution in [0.4, 0.5) is 14.7 Å². The van der Waals surface area contributed by atoms with Gasteiger partial charge in [0.2, 0.25) is 5.95 Å². The van der Waals surface area contributed by atoms with Gasteiger partial charge in [0.25, 0.3) is 0 Å². The van der Waals surface area contributed by atoms with Gasteiger partial charge >= 0.3 is 0 Å². The molecule has 19 heavy (non-hydrogen) atoms. The molecule has 0 saturated carbocycles. The number of aromatic nitrogens is 4. The lowest BCUT2D eigenvalue weighted by Gasteiger charge is -2.03. The topological polar surface area (TPSA) is 69.1 Å². The molecule has 0 saturated heterocycles. The number of nitrogen functional groups attached to an aromatic ring is 1. The number of nitrogens with two attached hydrogens (primary N) is 1. The number of pyridine rings is 1. The Hall–Kier alpha value is -2.28. The van der Waals surface area contributed by atoms with Crippen LogP contribution in [0.15, 0.2) is 24.5 Å². The number of hydrogen-bond acceptors (Lipinski definition) is 4. The molecule has 2 N–H and O–H groups in total. The number of nitrogens with zero attached hydrogens (tertiary/aromatic N) is 4. The van der Waals surface area contributed by atoms with Crippen LogP contribution in [0.3, 0.4) is 0 Å². The van der Waals surface area contributed by atoms with Crippen molar-refractivity contribution in [1.82, 2.24) is 19.6 Å². The molecule has 0 aliphatic carbocycles. The first-order valence-electron chi connectivity index (χ1n) is 5.17. The van der Waals surface area contributed by atoms with E-state index < -0.39 is 11.6 Å². The van der Waals surface area contributed by atoms with Gasteiger partial charge in [-0.25, -0.2) is 23.3 Å². The van der Waals surface area contributed by atoms with Crippen molar-refractivity contribution in [3.05, 3.63) is 41.2 Å². The average molecular weight is 282 g/mol. The molecule has 0 unspecified atom stereocenters. The molecule has 96 valence electrons. The number of hydrogen-bond donors (Lipinski definition) is 1. The summed E-state index contributed by atoms with van der Waals surface area (Å²) in [5.74, 6) is -1.33. The summed E-state index contributed by atoms with van der Waals surface area (Å²) >= 11 is 5.62. The van der Waals surface area contributed by atoms with Gasteiger partial charge in [-0.2, -0.15) is 0 Å². The van der Waals surface area contributed by atoms with Crippen molar-refractivity contribution < 1.29 is 8.78 Å². The number of halogens is 3. The summed E-state index contributed by atoms with van der Waals surface area (Å²) in [6, 6.07) is 2.20. The van der Waals surface area contributed by atoms with E-state index >= 15 is 0 Å². The second-order valence-electron chi connectivity index (χ2n) is 3.77. The van der Waals surface area contributed by atoms with Crippen LogP contribution in [0, 0.1) is 11.6 Å². The van der Waals surface area contributed by atoms with Crippen LogP contribution in [0.2, 0.25) is 5.02 Å². The molecule has 0 spiro atoms. The Morgan fingerprint density at radius 3 is 2.63 bits per heavy atom. The first kappa shape index (κ1) is 11.8. The van der Waals surface area contributed by atoms with E-state index in [1.54, 1.807) is 0 Å². The normalized spacial score (nSPS) is 11.1. The van der Waals surface area contributed by atoms with Crippen LogP contribution in [-0.4, -0.2) is 19.6 Å². The van der Waals surface area contributed by atoms with Crippen molar-refractivity contribution in [1.29, 1.82) is 0 Å². The summed E-state index contributed by atoms with van der Waals surface area (Å²) in [6.07, 6.45) is 2.48. The summed E-state index contributed by atoms with van der Waals surface area (Å²) in [5.41, 5.74) is 5.59. The summed E-state index contributed by atoms with van der Waals surface area (Å²) in [7, 11) is 0. The molecule has 3 rings (SSSR count). The highest BCUT2D eigenvalue weighted by Gasteiger charge is 2.17. The van der Waals surface area contributed by atoms with Gasteiger partial charge < -0.3 is 5.73 Å². The summed E-state index contributed by atoms with van der Waals surface area (Å²) in [5, 5.41) is 3.99. The van der Waals surface area contributed by atoms with E-state index in [2.05, 4.69) is 15.1 Å². The maximum atomic E-state index is 13.8. The standard InChI is InChI=1S/C11H6ClF2N5/c12-5-1-7(14)10(16-3-5)8-2-6(13)9-4-17-11(15)18-19(8)9/h1-4H,(H2,15,18). The molecule has 3 aromatic rings. The van der Waals surface area contributed by atoms with E-state index in [-0.39, 0.29) is 27.9 Å². The van der Waals surface area contributed by atoms with Crippen molar-refractivity contribution in [2.45, 2.75) is 0 Å². The Kier molecular flexibility index (Phi) is 2.56. The SMILES string of the molecule is Nc1ncc2c(F)cc(-c3ncc(Cl)cc3F)n2n1. The third-order valence-corrected chi connectivity index (χ3v) is 2.74. The van der Waals surface area contributed by atoms with Crippen LogP contribution >= 0.6 is 11.6 Å². The number of fused-ring (bicyclic) bond motifs is 1. The molecule has 0 aromatic carbocycles. The maximum Gasteiger partial charge on any atom is 0.238 e. The molecule has 0 aliphatic heterocycles. The van der Waals surface area contributed by atoms with E-state index in [1.807, 2.05) is 0 Å². The lowest BCUT2D eigenvalue weighted by molar-refractivity contribution is 0.624. The second-order valence-corrected chi connectivity index (χ2v) is 4.21. The third-order valence-electron chi connectivity index (χ3n) is 2.54.